The van der Waals surface area contributed by atoms with Crippen LogP contribution in [0.25, 0.3) is 0 Å². The van der Waals surface area contributed by atoms with Crippen molar-refractivity contribution in [2.75, 3.05) is 13.1 Å². The van der Waals surface area contributed by atoms with Gasteiger partial charge in [-0.05, 0) is 24.6 Å². The first-order chi connectivity index (χ1) is 7.65. The molecule has 0 saturated heterocycles. The van der Waals surface area contributed by atoms with Gasteiger partial charge < -0.3 is 11.1 Å². The molecule has 16 heavy (non-hydrogen) atoms. The molecule has 0 atom stereocenters. The summed E-state index contributed by atoms with van der Waals surface area (Å²) in [6.07, 6.45) is 3.50. The largest absolute Gasteiger partial charge is 0.349 e. The molecule has 0 unspecified atom stereocenters. The maximum atomic E-state index is 13.2. The molecule has 0 radical (unpaired) electrons. The lowest BCUT2D eigenvalue weighted by molar-refractivity contribution is 0.0957. The van der Waals surface area contributed by atoms with Gasteiger partial charge in [0.15, 0.2) is 0 Å². The number of benzene rings is 1. The summed E-state index contributed by atoms with van der Waals surface area (Å²) in [5, 5.41) is 2.63. The van der Waals surface area contributed by atoms with Gasteiger partial charge >= 0.3 is 0 Å². The molecule has 0 saturated carbocycles. The van der Waals surface area contributed by atoms with E-state index in [1.165, 1.54) is 6.07 Å². The predicted octanol–water partition coefficient (Wildman–Crippen LogP) is 1.38. The Labute approximate surface area is 94.1 Å². The van der Waals surface area contributed by atoms with Crippen LogP contribution in [0.2, 0.25) is 0 Å². The zero-order chi connectivity index (χ0) is 12.0. The van der Waals surface area contributed by atoms with E-state index in [2.05, 4.69) is 5.32 Å². The van der Waals surface area contributed by atoms with Gasteiger partial charge in [0, 0.05) is 18.7 Å². The van der Waals surface area contributed by atoms with Crippen molar-refractivity contribution >= 4 is 5.91 Å². The van der Waals surface area contributed by atoms with Gasteiger partial charge in [0.25, 0.3) is 5.91 Å². The number of halogens is 1. The van der Waals surface area contributed by atoms with Crippen molar-refractivity contribution in [3.05, 3.63) is 47.3 Å². The molecule has 0 aliphatic heterocycles. The number of hydrogen-bond donors (Lipinski definition) is 2. The number of aryl methyl sites for hydroxylation is 1. The standard InChI is InChI=1S/C12H15FN2O/c1-9-4-5-10(8-11(9)13)12(16)15-7-3-2-6-14/h2-5,8H,6-7,14H2,1H3,(H,15,16)/b3-2+. The minimum absolute atomic E-state index is 0.291. The maximum absolute atomic E-state index is 13.2. The van der Waals surface area contributed by atoms with E-state index in [0.29, 0.717) is 24.2 Å². The van der Waals surface area contributed by atoms with Crippen LogP contribution in [0.5, 0.6) is 0 Å². The average molecular weight is 222 g/mol. The molecule has 0 aliphatic rings. The van der Waals surface area contributed by atoms with E-state index >= 15 is 0 Å². The van der Waals surface area contributed by atoms with E-state index < -0.39 is 0 Å². The fourth-order valence-corrected chi connectivity index (χ4v) is 1.17. The molecule has 4 heteroatoms. The van der Waals surface area contributed by atoms with Crippen molar-refractivity contribution in [1.29, 1.82) is 0 Å². The second-order valence-corrected chi connectivity index (χ2v) is 3.38. The lowest BCUT2D eigenvalue weighted by Gasteiger charge is -2.03. The summed E-state index contributed by atoms with van der Waals surface area (Å²) < 4.78 is 13.2. The third-order valence-electron chi connectivity index (χ3n) is 2.12. The number of nitrogens with one attached hydrogen (secondary N) is 1. The smallest absolute Gasteiger partial charge is 0.251 e. The van der Waals surface area contributed by atoms with E-state index in [1.807, 2.05) is 0 Å². The Morgan fingerprint density at radius 2 is 2.25 bits per heavy atom. The summed E-state index contributed by atoms with van der Waals surface area (Å²) in [5.74, 6) is -0.661. The van der Waals surface area contributed by atoms with Gasteiger partial charge in [-0.25, -0.2) is 4.39 Å². The zero-order valence-corrected chi connectivity index (χ0v) is 9.16. The molecular weight excluding hydrogens is 207 g/mol. The van der Waals surface area contributed by atoms with Crippen LogP contribution in [0.4, 0.5) is 4.39 Å². The van der Waals surface area contributed by atoms with E-state index in [-0.39, 0.29) is 11.7 Å². The van der Waals surface area contributed by atoms with Crippen molar-refractivity contribution in [2.45, 2.75) is 6.92 Å². The first-order valence-corrected chi connectivity index (χ1v) is 5.04. The van der Waals surface area contributed by atoms with Gasteiger partial charge in [-0.3, -0.25) is 4.79 Å². The Bertz CT molecular complexity index is 402. The number of amides is 1. The third kappa shape index (κ3) is 3.47. The molecule has 1 rings (SSSR count). The van der Waals surface area contributed by atoms with Gasteiger partial charge in [-0.15, -0.1) is 0 Å². The summed E-state index contributed by atoms with van der Waals surface area (Å²) in [6.45, 7) is 2.49. The van der Waals surface area contributed by atoms with Crippen molar-refractivity contribution < 1.29 is 9.18 Å². The summed E-state index contributed by atoms with van der Waals surface area (Å²) in [6, 6.07) is 4.41. The zero-order valence-electron chi connectivity index (χ0n) is 9.16. The lowest BCUT2D eigenvalue weighted by Crippen LogP contribution is -2.23. The Morgan fingerprint density at radius 1 is 1.50 bits per heavy atom. The molecule has 3 N–H and O–H groups in total. The maximum Gasteiger partial charge on any atom is 0.251 e. The molecule has 0 fully saturated rings. The van der Waals surface area contributed by atoms with Crippen LogP contribution in [0.15, 0.2) is 30.4 Å². The summed E-state index contributed by atoms with van der Waals surface area (Å²) >= 11 is 0. The van der Waals surface area contributed by atoms with Gasteiger partial charge in [-0.1, -0.05) is 18.2 Å². The Balaban J connectivity index is 2.59. The third-order valence-corrected chi connectivity index (χ3v) is 2.12. The first-order valence-electron chi connectivity index (χ1n) is 5.04. The van der Waals surface area contributed by atoms with Crippen molar-refractivity contribution in [3.63, 3.8) is 0 Å². The van der Waals surface area contributed by atoms with E-state index in [4.69, 9.17) is 5.73 Å². The van der Waals surface area contributed by atoms with E-state index in [0.717, 1.165) is 0 Å². The second-order valence-electron chi connectivity index (χ2n) is 3.38. The van der Waals surface area contributed by atoms with Crippen LogP contribution in [-0.4, -0.2) is 19.0 Å². The van der Waals surface area contributed by atoms with Gasteiger partial charge in [0.2, 0.25) is 0 Å². The molecule has 0 aliphatic carbocycles. The van der Waals surface area contributed by atoms with Crippen molar-refractivity contribution in [3.8, 4) is 0 Å². The highest BCUT2D eigenvalue weighted by molar-refractivity contribution is 5.94. The van der Waals surface area contributed by atoms with Crippen LogP contribution in [0, 0.1) is 12.7 Å². The molecule has 0 aromatic heterocycles. The van der Waals surface area contributed by atoms with Gasteiger partial charge in [0.05, 0.1) is 0 Å². The minimum atomic E-state index is -0.370. The first kappa shape index (κ1) is 12.4. The Hall–Kier alpha value is -1.68. The lowest BCUT2D eigenvalue weighted by atomic mass is 10.1. The quantitative estimate of drug-likeness (QED) is 0.756. The Kier molecular flexibility index (Phi) is 4.66. The highest BCUT2D eigenvalue weighted by Gasteiger charge is 2.06. The predicted molar refractivity (Wildman–Crippen MR) is 61.7 cm³/mol. The van der Waals surface area contributed by atoms with Crippen LogP contribution < -0.4 is 11.1 Å². The highest BCUT2D eigenvalue weighted by atomic mass is 19.1. The molecule has 0 spiro atoms. The minimum Gasteiger partial charge on any atom is -0.349 e. The number of nitrogens with two attached hydrogens (primary N) is 1. The fourth-order valence-electron chi connectivity index (χ4n) is 1.17. The number of carbonyl (C=O) groups is 1. The number of rotatable bonds is 4. The average Bonchev–Trinajstić information content (AvgIpc) is 2.28. The van der Waals surface area contributed by atoms with Crippen molar-refractivity contribution in [2.24, 2.45) is 5.73 Å². The van der Waals surface area contributed by atoms with Gasteiger partial charge in [0.1, 0.15) is 5.82 Å². The molecule has 1 aromatic rings. The fraction of sp³-hybridized carbons (Fsp3) is 0.250. The van der Waals surface area contributed by atoms with Crippen LogP contribution in [0.1, 0.15) is 15.9 Å². The number of carbonyl (C=O) groups excluding carboxylic acids is 1. The highest BCUT2D eigenvalue weighted by Crippen LogP contribution is 2.08. The SMILES string of the molecule is Cc1ccc(C(=O)NC/C=C/CN)cc1F. The molecule has 0 heterocycles. The van der Waals surface area contributed by atoms with Crippen LogP contribution in [-0.2, 0) is 0 Å². The monoisotopic (exact) mass is 222 g/mol. The van der Waals surface area contributed by atoms with Crippen molar-refractivity contribution in [1.82, 2.24) is 5.32 Å². The van der Waals surface area contributed by atoms with Crippen LogP contribution in [0.3, 0.4) is 0 Å². The summed E-state index contributed by atoms with van der Waals surface area (Å²) in [4.78, 5) is 11.5. The molecule has 0 bridgehead atoms. The topological polar surface area (TPSA) is 55.1 Å². The summed E-state index contributed by atoms with van der Waals surface area (Å²) in [5.41, 5.74) is 6.09. The molecular formula is C12H15FN2O. The second kappa shape index (κ2) is 6.02. The van der Waals surface area contributed by atoms with E-state index in [1.54, 1.807) is 31.2 Å². The van der Waals surface area contributed by atoms with Crippen LogP contribution >= 0.6 is 0 Å². The number of hydrogen-bond acceptors (Lipinski definition) is 2. The van der Waals surface area contributed by atoms with Gasteiger partial charge in [-0.2, -0.15) is 0 Å². The summed E-state index contributed by atoms with van der Waals surface area (Å²) in [7, 11) is 0. The Morgan fingerprint density at radius 3 is 2.88 bits per heavy atom. The molecule has 1 aromatic carbocycles. The molecule has 86 valence electrons. The molecule has 3 nitrogen and oxygen atoms in total. The molecule has 1 amide bonds. The van der Waals surface area contributed by atoms with E-state index in [9.17, 15) is 9.18 Å². The normalized spacial score (nSPS) is 10.7.